The molecular formula is C22H32O4. The molecule has 2 aliphatic heterocycles. The molecule has 2 spiro atoms. The molecule has 1 unspecified atom stereocenters. The van der Waals surface area contributed by atoms with Crippen molar-refractivity contribution in [2.45, 2.75) is 69.9 Å². The zero-order valence-corrected chi connectivity index (χ0v) is 16.0. The van der Waals surface area contributed by atoms with Crippen LogP contribution in [0, 0.1) is 29.1 Å². The molecule has 0 radical (unpaired) electrons. The summed E-state index contributed by atoms with van der Waals surface area (Å²) in [5.74, 6) is 2.47. The van der Waals surface area contributed by atoms with E-state index in [-0.39, 0.29) is 17.0 Å². The molecule has 6 aliphatic rings. The van der Waals surface area contributed by atoms with E-state index >= 15 is 0 Å². The maximum Gasteiger partial charge on any atom is 0.174 e. The predicted octanol–water partition coefficient (Wildman–Crippen LogP) is 4.05. The molecule has 3 saturated carbocycles. The van der Waals surface area contributed by atoms with E-state index in [0.717, 1.165) is 75.8 Å². The topological polar surface area (TPSA) is 36.9 Å². The van der Waals surface area contributed by atoms with Crippen molar-refractivity contribution >= 4 is 0 Å². The molecule has 0 aromatic carbocycles. The number of fused-ring (bicyclic) bond motifs is 6. The molecule has 144 valence electrons. The molecule has 4 aliphatic carbocycles. The monoisotopic (exact) mass is 360 g/mol. The Hall–Kier alpha value is -0.420. The normalized spacial score (nSPS) is 48.3. The van der Waals surface area contributed by atoms with Gasteiger partial charge >= 0.3 is 0 Å². The van der Waals surface area contributed by atoms with Gasteiger partial charge in [0, 0.05) is 24.7 Å². The van der Waals surface area contributed by atoms with Crippen LogP contribution < -0.4 is 0 Å². The first-order valence-corrected chi connectivity index (χ1v) is 10.9. The van der Waals surface area contributed by atoms with E-state index in [1.165, 1.54) is 25.7 Å². The zero-order chi connectivity index (χ0) is 17.4. The Morgan fingerprint density at radius 3 is 2.42 bits per heavy atom. The van der Waals surface area contributed by atoms with E-state index in [9.17, 15) is 0 Å². The Morgan fingerprint density at radius 1 is 0.846 bits per heavy atom. The van der Waals surface area contributed by atoms with Crippen LogP contribution in [0.3, 0.4) is 0 Å². The Bertz CT molecular complexity index is 616. The quantitative estimate of drug-likeness (QED) is 0.611. The van der Waals surface area contributed by atoms with Crippen molar-refractivity contribution in [1.29, 1.82) is 0 Å². The SMILES string of the molecule is C[C@]12CC=C3[C@H]4CCC5(CC4CC[C@H]3[C@@H]1CCC21OCCO1)OCCO5. The molecule has 4 nitrogen and oxygen atoms in total. The van der Waals surface area contributed by atoms with Crippen LogP contribution in [0.4, 0.5) is 0 Å². The fourth-order valence-electron chi connectivity index (χ4n) is 7.77. The van der Waals surface area contributed by atoms with Crippen molar-refractivity contribution in [2.24, 2.45) is 29.1 Å². The summed E-state index contributed by atoms with van der Waals surface area (Å²) in [7, 11) is 0. The van der Waals surface area contributed by atoms with Gasteiger partial charge in [-0.2, -0.15) is 0 Å². The van der Waals surface area contributed by atoms with E-state index in [1.807, 2.05) is 0 Å². The van der Waals surface area contributed by atoms with Gasteiger partial charge in [-0.1, -0.05) is 18.6 Å². The van der Waals surface area contributed by atoms with Crippen molar-refractivity contribution in [3.8, 4) is 0 Å². The molecule has 4 heteroatoms. The van der Waals surface area contributed by atoms with Gasteiger partial charge in [0.1, 0.15) is 0 Å². The average molecular weight is 360 g/mol. The lowest BCUT2D eigenvalue weighted by Crippen LogP contribution is -2.51. The van der Waals surface area contributed by atoms with Crippen LogP contribution in [0.15, 0.2) is 11.6 Å². The molecule has 2 heterocycles. The van der Waals surface area contributed by atoms with Crippen LogP contribution in [-0.2, 0) is 18.9 Å². The van der Waals surface area contributed by atoms with Gasteiger partial charge in [-0.25, -0.2) is 0 Å². The van der Waals surface area contributed by atoms with Gasteiger partial charge in [0.2, 0.25) is 0 Å². The maximum atomic E-state index is 6.24. The van der Waals surface area contributed by atoms with E-state index in [2.05, 4.69) is 13.0 Å². The second-order valence-corrected chi connectivity index (χ2v) is 9.82. The van der Waals surface area contributed by atoms with Gasteiger partial charge in [0.15, 0.2) is 11.6 Å². The average Bonchev–Trinajstić information content (AvgIpc) is 3.37. The van der Waals surface area contributed by atoms with Crippen molar-refractivity contribution in [2.75, 3.05) is 26.4 Å². The van der Waals surface area contributed by atoms with Crippen LogP contribution in [0.1, 0.15) is 58.3 Å². The highest BCUT2D eigenvalue weighted by Crippen LogP contribution is 2.65. The van der Waals surface area contributed by atoms with Crippen molar-refractivity contribution in [3.05, 3.63) is 11.6 Å². The van der Waals surface area contributed by atoms with Crippen molar-refractivity contribution < 1.29 is 18.9 Å². The third-order valence-corrected chi connectivity index (χ3v) is 8.97. The van der Waals surface area contributed by atoms with Crippen molar-refractivity contribution in [1.82, 2.24) is 0 Å². The minimum atomic E-state index is -0.293. The first-order valence-electron chi connectivity index (χ1n) is 10.9. The van der Waals surface area contributed by atoms with E-state index < -0.39 is 0 Å². The molecule has 6 rings (SSSR count). The Morgan fingerprint density at radius 2 is 1.62 bits per heavy atom. The predicted molar refractivity (Wildman–Crippen MR) is 96.4 cm³/mol. The van der Waals surface area contributed by atoms with Crippen LogP contribution in [0.25, 0.3) is 0 Å². The van der Waals surface area contributed by atoms with E-state index in [0.29, 0.717) is 0 Å². The molecule has 5 fully saturated rings. The van der Waals surface area contributed by atoms with Gasteiger partial charge in [0.25, 0.3) is 0 Å². The summed E-state index contributed by atoms with van der Waals surface area (Å²) < 4.78 is 24.6. The summed E-state index contributed by atoms with van der Waals surface area (Å²) in [4.78, 5) is 0. The summed E-state index contributed by atoms with van der Waals surface area (Å²) in [5, 5.41) is 0. The van der Waals surface area contributed by atoms with Gasteiger partial charge in [-0.15, -0.1) is 0 Å². The summed E-state index contributed by atoms with van der Waals surface area (Å²) in [5.41, 5.74) is 1.95. The van der Waals surface area contributed by atoms with E-state index in [4.69, 9.17) is 18.9 Å². The van der Waals surface area contributed by atoms with Crippen LogP contribution in [0.5, 0.6) is 0 Å². The summed E-state index contributed by atoms with van der Waals surface area (Å²) in [6.45, 7) is 5.56. The minimum absolute atomic E-state index is 0.165. The fourth-order valence-corrected chi connectivity index (χ4v) is 7.77. The molecular weight excluding hydrogens is 328 g/mol. The highest BCUT2D eigenvalue weighted by atomic mass is 16.7. The fraction of sp³-hybridized carbons (Fsp3) is 0.909. The lowest BCUT2D eigenvalue weighted by molar-refractivity contribution is -0.229. The van der Waals surface area contributed by atoms with Gasteiger partial charge in [-0.3, -0.25) is 0 Å². The number of ether oxygens (including phenoxy) is 4. The first-order chi connectivity index (χ1) is 12.6. The number of hydrogen-bond acceptors (Lipinski definition) is 4. The Kier molecular flexibility index (Phi) is 3.53. The first kappa shape index (κ1) is 16.5. The molecule has 0 aromatic heterocycles. The van der Waals surface area contributed by atoms with Gasteiger partial charge < -0.3 is 18.9 Å². The number of hydrogen-bond donors (Lipinski definition) is 0. The largest absolute Gasteiger partial charge is 0.348 e. The standard InChI is InChI=1S/C22H32O4/c1-20-7-4-17-16-5-8-21(23-10-11-24-21)14-15(16)2-3-18(17)19(20)6-9-22(20)25-12-13-26-22/h4,15-16,18-19H,2-3,5-14H2,1H3/t15?,16-,18+,19-,20-/m0/s1. The third-order valence-electron chi connectivity index (χ3n) is 8.97. The van der Waals surface area contributed by atoms with Crippen LogP contribution in [-0.4, -0.2) is 38.0 Å². The van der Waals surface area contributed by atoms with Crippen molar-refractivity contribution in [3.63, 3.8) is 0 Å². The molecule has 0 N–H and O–H groups in total. The number of rotatable bonds is 0. The Labute approximate surface area is 156 Å². The summed E-state index contributed by atoms with van der Waals surface area (Å²) in [6, 6.07) is 0. The molecule has 0 aromatic rings. The smallest absolute Gasteiger partial charge is 0.174 e. The molecule has 5 atom stereocenters. The Balaban J connectivity index is 1.28. The summed E-state index contributed by atoms with van der Waals surface area (Å²) in [6.07, 6.45) is 12.2. The van der Waals surface area contributed by atoms with Gasteiger partial charge in [-0.05, 0) is 55.8 Å². The van der Waals surface area contributed by atoms with Gasteiger partial charge in [0.05, 0.1) is 26.4 Å². The highest BCUT2D eigenvalue weighted by molar-refractivity contribution is 5.26. The lowest BCUT2D eigenvalue weighted by atomic mass is 9.54. The lowest BCUT2D eigenvalue weighted by Gasteiger charge is -2.54. The molecule has 0 bridgehead atoms. The summed E-state index contributed by atoms with van der Waals surface area (Å²) >= 11 is 0. The molecule has 2 saturated heterocycles. The highest BCUT2D eigenvalue weighted by Gasteiger charge is 2.64. The molecule has 26 heavy (non-hydrogen) atoms. The van der Waals surface area contributed by atoms with Crippen LogP contribution >= 0.6 is 0 Å². The third kappa shape index (κ3) is 2.05. The zero-order valence-electron chi connectivity index (χ0n) is 16.0. The second-order valence-electron chi connectivity index (χ2n) is 9.82. The second kappa shape index (κ2) is 5.56. The van der Waals surface area contributed by atoms with Crippen LogP contribution in [0.2, 0.25) is 0 Å². The number of allylic oxidation sites excluding steroid dienone is 2. The minimum Gasteiger partial charge on any atom is -0.348 e. The maximum absolute atomic E-state index is 6.24. The molecule has 0 amide bonds. The van der Waals surface area contributed by atoms with E-state index in [1.54, 1.807) is 5.57 Å².